The number of carbonyl (C=O) groups is 1. The number of hydrogen-bond donors (Lipinski definition) is 1. The number of halogens is 3. The van der Waals surface area contributed by atoms with Gasteiger partial charge in [0.15, 0.2) is 0 Å². The number of methoxy groups -OCH3 is 1. The number of nitrogens with zero attached hydrogens (tertiary/aromatic N) is 2. The van der Waals surface area contributed by atoms with E-state index in [2.05, 4.69) is 9.88 Å². The summed E-state index contributed by atoms with van der Waals surface area (Å²) in [6.45, 7) is 2.02. The summed E-state index contributed by atoms with van der Waals surface area (Å²) < 4.78 is 55.7. The molecule has 1 saturated carbocycles. The summed E-state index contributed by atoms with van der Waals surface area (Å²) in [6.07, 6.45) is 0.277. The molecule has 0 spiro atoms. The average Bonchev–Trinajstić information content (AvgIpc) is 2.87. The summed E-state index contributed by atoms with van der Waals surface area (Å²) in [7, 11) is 1.43. The Bertz CT molecular complexity index is 1020. The van der Waals surface area contributed by atoms with Crippen LogP contribution in [-0.4, -0.2) is 55.6 Å². The van der Waals surface area contributed by atoms with Crippen LogP contribution in [0, 0.1) is 11.8 Å². The second-order valence-electron chi connectivity index (χ2n) is 9.02. The molecular formula is C25H29F3N2O5. The first kappa shape index (κ1) is 25.1. The van der Waals surface area contributed by atoms with E-state index < -0.39 is 18.1 Å². The standard InChI is InChI=1S/C25H29F3N2O5/c1-33-22-10-17(4-7-21(22)24(31)32)23-14-30(8-9-34-23)19-11-20(13-29-12-19)35-15-16-2-5-18(6-3-16)25(26,27)28/h4,7,10-13,16,18,23H,2-3,5-6,8-9,14-15H2,1H3,(H,31,32)/t16-,18-,23?. The van der Waals surface area contributed by atoms with E-state index in [4.69, 9.17) is 14.2 Å². The Morgan fingerprint density at radius 3 is 2.66 bits per heavy atom. The van der Waals surface area contributed by atoms with E-state index in [0.717, 1.165) is 11.3 Å². The molecule has 2 heterocycles. The Morgan fingerprint density at radius 1 is 1.20 bits per heavy atom. The fraction of sp³-hybridized carbons (Fsp3) is 0.520. The first-order chi connectivity index (χ1) is 16.7. The summed E-state index contributed by atoms with van der Waals surface area (Å²) in [5.74, 6) is -1.30. The number of anilines is 1. The number of carboxylic acids is 1. The zero-order chi connectivity index (χ0) is 25.0. The van der Waals surface area contributed by atoms with E-state index in [1.165, 1.54) is 13.2 Å². The fourth-order valence-corrected chi connectivity index (χ4v) is 4.70. The number of hydrogen-bond acceptors (Lipinski definition) is 6. The predicted molar refractivity (Wildman–Crippen MR) is 122 cm³/mol. The van der Waals surface area contributed by atoms with Crippen molar-refractivity contribution < 1.29 is 37.3 Å². The first-order valence-corrected chi connectivity index (χ1v) is 11.7. The van der Waals surface area contributed by atoms with Crippen LogP contribution in [0.25, 0.3) is 0 Å². The molecule has 1 aliphatic heterocycles. The van der Waals surface area contributed by atoms with Gasteiger partial charge in [0.25, 0.3) is 0 Å². The molecule has 1 aromatic heterocycles. The molecule has 2 aliphatic rings. The molecule has 0 radical (unpaired) electrons. The van der Waals surface area contributed by atoms with Crippen molar-refractivity contribution in [2.75, 3.05) is 38.3 Å². The highest BCUT2D eigenvalue weighted by molar-refractivity contribution is 5.91. The van der Waals surface area contributed by atoms with Crippen LogP contribution in [0.5, 0.6) is 11.5 Å². The summed E-state index contributed by atoms with van der Waals surface area (Å²) in [5.41, 5.74) is 1.75. The van der Waals surface area contributed by atoms with Crippen LogP contribution in [0.4, 0.5) is 18.9 Å². The van der Waals surface area contributed by atoms with Crippen LogP contribution < -0.4 is 14.4 Å². The lowest BCUT2D eigenvalue weighted by Gasteiger charge is -2.35. The van der Waals surface area contributed by atoms with Gasteiger partial charge in [-0.05, 0) is 49.3 Å². The van der Waals surface area contributed by atoms with Gasteiger partial charge in [0, 0.05) is 19.2 Å². The molecule has 35 heavy (non-hydrogen) atoms. The molecule has 1 saturated heterocycles. The second-order valence-corrected chi connectivity index (χ2v) is 9.02. The van der Waals surface area contributed by atoms with E-state index in [0.29, 0.717) is 44.9 Å². The lowest BCUT2D eigenvalue weighted by molar-refractivity contribution is -0.184. The molecule has 1 unspecified atom stereocenters. The van der Waals surface area contributed by atoms with Crippen molar-refractivity contribution in [2.24, 2.45) is 11.8 Å². The van der Waals surface area contributed by atoms with E-state index in [1.807, 2.05) is 6.07 Å². The van der Waals surface area contributed by atoms with Crippen molar-refractivity contribution in [3.05, 3.63) is 47.8 Å². The number of alkyl halides is 3. The minimum Gasteiger partial charge on any atom is -0.496 e. The zero-order valence-corrected chi connectivity index (χ0v) is 19.5. The maximum Gasteiger partial charge on any atom is 0.391 e. The number of benzene rings is 1. The van der Waals surface area contributed by atoms with Gasteiger partial charge in [-0.1, -0.05) is 6.07 Å². The number of morpholine rings is 1. The van der Waals surface area contributed by atoms with E-state index in [1.54, 1.807) is 24.5 Å². The largest absolute Gasteiger partial charge is 0.496 e. The topological polar surface area (TPSA) is 81.1 Å². The molecule has 1 N–H and O–H groups in total. The molecule has 1 aliphatic carbocycles. The van der Waals surface area contributed by atoms with Gasteiger partial charge < -0.3 is 24.2 Å². The predicted octanol–water partition coefficient (Wildman–Crippen LogP) is 5.11. The molecule has 4 rings (SSSR count). The number of aromatic carboxylic acids is 1. The summed E-state index contributed by atoms with van der Waals surface area (Å²) in [5, 5.41) is 9.30. The summed E-state index contributed by atoms with van der Waals surface area (Å²) >= 11 is 0. The van der Waals surface area contributed by atoms with Crippen molar-refractivity contribution in [3.8, 4) is 11.5 Å². The molecule has 0 amide bonds. The van der Waals surface area contributed by atoms with Crippen LogP contribution in [0.1, 0.15) is 47.7 Å². The molecular weight excluding hydrogens is 465 g/mol. The Labute approximate surface area is 201 Å². The van der Waals surface area contributed by atoms with Gasteiger partial charge in [0.2, 0.25) is 0 Å². The maximum atomic E-state index is 12.9. The van der Waals surface area contributed by atoms with Gasteiger partial charge >= 0.3 is 12.1 Å². The second kappa shape index (κ2) is 10.7. The highest BCUT2D eigenvalue weighted by atomic mass is 19.4. The Morgan fingerprint density at radius 2 is 1.97 bits per heavy atom. The van der Waals surface area contributed by atoms with Crippen LogP contribution in [0.15, 0.2) is 36.7 Å². The highest BCUT2D eigenvalue weighted by Crippen LogP contribution is 2.39. The van der Waals surface area contributed by atoms with E-state index >= 15 is 0 Å². The Kier molecular flexibility index (Phi) is 7.69. The molecule has 7 nitrogen and oxygen atoms in total. The average molecular weight is 495 g/mol. The van der Waals surface area contributed by atoms with Gasteiger partial charge in [-0.25, -0.2) is 4.79 Å². The van der Waals surface area contributed by atoms with E-state index in [9.17, 15) is 23.1 Å². The first-order valence-electron chi connectivity index (χ1n) is 11.7. The number of carboxylic acid groups (broad SMARTS) is 1. The molecule has 2 fully saturated rings. The lowest BCUT2D eigenvalue weighted by Crippen LogP contribution is -2.38. The zero-order valence-electron chi connectivity index (χ0n) is 19.5. The van der Waals surface area contributed by atoms with Gasteiger partial charge in [0.1, 0.15) is 23.2 Å². The Balaban J connectivity index is 1.36. The van der Waals surface area contributed by atoms with E-state index in [-0.39, 0.29) is 36.2 Å². The molecule has 1 aromatic carbocycles. The van der Waals surface area contributed by atoms with Crippen molar-refractivity contribution in [1.82, 2.24) is 4.98 Å². The van der Waals surface area contributed by atoms with Crippen molar-refractivity contribution >= 4 is 11.7 Å². The molecule has 0 bridgehead atoms. The maximum absolute atomic E-state index is 12.9. The van der Waals surface area contributed by atoms with Crippen LogP contribution >= 0.6 is 0 Å². The number of pyridine rings is 1. The SMILES string of the molecule is COc1cc(C2CN(c3cncc(OC[C@H]4CC[C@H](C(F)(F)F)CC4)c3)CCO2)ccc1C(=O)O. The number of aromatic nitrogens is 1. The smallest absolute Gasteiger partial charge is 0.391 e. The Hall–Kier alpha value is -3.01. The summed E-state index contributed by atoms with van der Waals surface area (Å²) in [4.78, 5) is 17.8. The highest BCUT2D eigenvalue weighted by Gasteiger charge is 2.41. The van der Waals surface area contributed by atoms with Crippen LogP contribution in [-0.2, 0) is 4.74 Å². The van der Waals surface area contributed by atoms with Crippen molar-refractivity contribution in [1.29, 1.82) is 0 Å². The molecule has 1 atom stereocenters. The van der Waals surface area contributed by atoms with Gasteiger partial charge in [-0.3, -0.25) is 4.98 Å². The van der Waals surface area contributed by atoms with Crippen LogP contribution in [0.3, 0.4) is 0 Å². The lowest BCUT2D eigenvalue weighted by atomic mass is 9.82. The van der Waals surface area contributed by atoms with Crippen molar-refractivity contribution in [3.63, 3.8) is 0 Å². The third kappa shape index (κ3) is 6.17. The molecule has 2 aromatic rings. The van der Waals surface area contributed by atoms with Gasteiger partial charge in [-0.15, -0.1) is 0 Å². The normalized spacial score (nSPS) is 23.1. The third-order valence-electron chi connectivity index (χ3n) is 6.75. The third-order valence-corrected chi connectivity index (χ3v) is 6.75. The monoisotopic (exact) mass is 494 g/mol. The van der Waals surface area contributed by atoms with Crippen LogP contribution in [0.2, 0.25) is 0 Å². The fourth-order valence-electron chi connectivity index (χ4n) is 4.70. The van der Waals surface area contributed by atoms with Crippen molar-refractivity contribution in [2.45, 2.75) is 38.0 Å². The molecule has 10 heteroatoms. The minimum atomic E-state index is -4.11. The van der Waals surface area contributed by atoms with Gasteiger partial charge in [0.05, 0.1) is 44.3 Å². The quantitative estimate of drug-likeness (QED) is 0.573. The number of rotatable bonds is 7. The number of ether oxygens (including phenoxy) is 3. The summed E-state index contributed by atoms with van der Waals surface area (Å²) in [6, 6.07) is 6.80. The van der Waals surface area contributed by atoms with Gasteiger partial charge in [-0.2, -0.15) is 13.2 Å². The minimum absolute atomic E-state index is 0.0878. The molecule has 190 valence electrons.